The minimum atomic E-state index is -0.736. The molecule has 12 nitrogen and oxygen atoms in total. The number of carbonyl (C=O) groups is 4. The van der Waals surface area contributed by atoms with E-state index < -0.39 is 12.0 Å². The van der Waals surface area contributed by atoms with Crippen molar-refractivity contribution in [1.29, 1.82) is 0 Å². The zero-order valence-corrected chi connectivity index (χ0v) is 34.5. The van der Waals surface area contributed by atoms with Crippen LogP contribution < -0.4 is 5.32 Å². The number of ketones is 1. The fourth-order valence-electron chi connectivity index (χ4n) is 9.11. The molecule has 0 unspecified atom stereocenters. The summed E-state index contributed by atoms with van der Waals surface area (Å²) in [5.41, 5.74) is 6.34. The van der Waals surface area contributed by atoms with Gasteiger partial charge in [0.2, 0.25) is 29.4 Å². The molecular formula is C50H49N7O5. The quantitative estimate of drug-likeness (QED) is 0.111. The zero-order chi connectivity index (χ0) is 42.2. The standard InChI is InChI=1S/C50H49N7O5/c58-43(35-21-22-35)29-39(33-9-3-1-4-10-33)49(60)57-28-8-14-42(57)48-54-45(55-62-48)37-23-17-32(18-24-37)31-15-19-34(20-16-31)40-30-51-46(52-40)41-13-7-27-56(41)50(61)44(36-11-5-2-6-12-36)53-47(59)38-25-26-38/h1-6,9-12,15-20,23-24,30,35,38-39,41-42,44H,7-8,13-14,21-22,25-29H2,(H,51,52)(H,53,59)/t39-,41+,42+,44-/m1/s1. The highest BCUT2D eigenvalue weighted by Crippen LogP contribution is 2.39. The molecule has 3 amide bonds. The number of aromatic nitrogens is 4. The highest BCUT2D eigenvalue weighted by molar-refractivity contribution is 5.93. The predicted molar refractivity (Wildman–Crippen MR) is 232 cm³/mol. The molecule has 0 spiro atoms. The average molecular weight is 828 g/mol. The first-order valence-corrected chi connectivity index (χ1v) is 22.0. The maximum absolute atomic E-state index is 14.1. The van der Waals surface area contributed by atoms with Crippen LogP contribution in [0.3, 0.4) is 0 Å². The number of hydrogen-bond acceptors (Lipinski definition) is 8. The molecule has 12 heteroatoms. The van der Waals surface area contributed by atoms with Gasteiger partial charge in [0, 0.05) is 36.9 Å². The summed E-state index contributed by atoms with van der Waals surface area (Å²) < 4.78 is 5.81. The third-order valence-corrected chi connectivity index (χ3v) is 12.9. The Bertz CT molecular complexity index is 2380. The average Bonchev–Trinajstić information content (AvgIpc) is 4.07. The molecule has 2 N–H and O–H groups in total. The van der Waals surface area contributed by atoms with Crippen LogP contribution in [0.15, 0.2) is 120 Å². The van der Waals surface area contributed by atoms with Gasteiger partial charge in [-0.2, -0.15) is 4.98 Å². The molecule has 4 heterocycles. The number of H-pyrrole nitrogens is 1. The zero-order valence-electron chi connectivity index (χ0n) is 34.5. The van der Waals surface area contributed by atoms with E-state index in [9.17, 15) is 19.2 Å². The predicted octanol–water partition coefficient (Wildman–Crippen LogP) is 8.54. The molecule has 2 saturated heterocycles. The van der Waals surface area contributed by atoms with Gasteiger partial charge in [0.1, 0.15) is 23.7 Å². The Balaban J connectivity index is 0.797. The Hall–Kier alpha value is -6.69. The topological polar surface area (TPSA) is 154 Å². The van der Waals surface area contributed by atoms with E-state index in [1.807, 2.05) is 101 Å². The van der Waals surface area contributed by atoms with Gasteiger partial charge in [-0.05, 0) is 79.2 Å². The van der Waals surface area contributed by atoms with E-state index in [1.165, 1.54) is 0 Å². The van der Waals surface area contributed by atoms with Crippen molar-refractivity contribution in [3.63, 3.8) is 0 Å². The van der Waals surface area contributed by atoms with Crippen LogP contribution in [0.5, 0.6) is 0 Å². The van der Waals surface area contributed by atoms with Crippen molar-refractivity contribution in [2.75, 3.05) is 13.1 Å². The number of nitrogens with one attached hydrogen (secondary N) is 2. The fraction of sp³-hybridized carbons (Fsp3) is 0.340. The van der Waals surface area contributed by atoms with Crippen LogP contribution in [0, 0.1) is 11.8 Å². The van der Waals surface area contributed by atoms with Crippen molar-refractivity contribution in [3.05, 3.63) is 138 Å². The van der Waals surface area contributed by atoms with Gasteiger partial charge in [0.25, 0.3) is 0 Å². The molecule has 2 aliphatic heterocycles. The minimum Gasteiger partial charge on any atom is -0.340 e. The van der Waals surface area contributed by atoms with Crippen molar-refractivity contribution in [2.24, 2.45) is 11.8 Å². The molecule has 4 atom stereocenters. The third-order valence-electron chi connectivity index (χ3n) is 12.9. The Morgan fingerprint density at radius 1 is 0.661 bits per heavy atom. The van der Waals surface area contributed by atoms with Crippen LogP contribution in [-0.4, -0.2) is 66.5 Å². The highest BCUT2D eigenvalue weighted by atomic mass is 16.5. The van der Waals surface area contributed by atoms with Gasteiger partial charge in [-0.3, -0.25) is 19.2 Å². The number of likely N-dealkylation sites (tertiary alicyclic amines) is 2. The van der Waals surface area contributed by atoms with Gasteiger partial charge in [-0.15, -0.1) is 0 Å². The van der Waals surface area contributed by atoms with E-state index in [4.69, 9.17) is 14.5 Å². The van der Waals surface area contributed by atoms with Gasteiger partial charge in [0.15, 0.2) is 0 Å². The van der Waals surface area contributed by atoms with E-state index in [0.29, 0.717) is 24.8 Å². The monoisotopic (exact) mass is 827 g/mol. The molecule has 10 rings (SSSR count). The molecule has 314 valence electrons. The second kappa shape index (κ2) is 17.0. The maximum Gasteiger partial charge on any atom is 0.250 e. The molecule has 0 radical (unpaired) electrons. The minimum absolute atomic E-state index is 0.00245. The lowest BCUT2D eigenvalue weighted by atomic mass is 9.91. The summed E-state index contributed by atoms with van der Waals surface area (Å²) in [6.45, 7) is 1.18. The first-order valence-electron chi connectivity index (χ1n) is 22.0. The second-order valence-corrected chi connectivity index (χ2v) is 17.2. The molecule has 4 aromatic carbocycles. The number of Topliss-reactive ketones (excluding diaryl/α,β-unsaturated/α-hetero) is 1. The van der Waals surface area contributed by atoms with Crippen LogP contribution in [0.2, 0.25) is 0 Å². The van der Waals surface area contributed by atoms with Gasteiger partial charge in [0.05, 0.1) is 23.9 Å². The molecule has 2 aliphatic carbocycles. The maximum atomic E-state index is 14.1. The number of imidazole rings is 1. The van der Waals surface area contributed by atoms with Crippen LogP contribution in [0.4, 0.5) is 0 Å². The summed E-state index contributed by atoms with van der Waals surface area (Å²) in [7, 11) is 0. The Kier molecular flexibility index (Phi) is 10.8. The van der Waals surface area contributed by atoms with E-state index >= 15 is 0 Å². The lowest BCUT2D eigenvalue weighted by molar-refractivity contribution is -0.138. The molecule has 2 saturated carbocycles. The highest BCUT2D eigenvalue weighted by Gasteiger charge is 2.41. The largest absolute Gasteiger partial charge is 0.340 e. The van der Waals surface area contributed by atoms with Gasteiger partial charge in [-0.1, -0.05) is 114 Å². The summed E-state index contributed by atoms with van der Waals surface area (Å²) in [6.07, 6.45) is 8.78. The Labute approximate surface area is 360 Å². The summed E-state index contributed by atoms with van der Waals surface area (Å²) in [6, 6.07) is 34.1. The van der Waals surface area contributed by atoms with Crippen LogP contribution in [0.1, 0.15) is 105 Å². The summed E-state index contributed by atoms with van der Waals surface area (Å²) in [5, 5.41) is 7.36. The van der Waals surface area contributed by atoms with Gasteiger partial charge in [-0.25, -0.2) is 4.98 Å². The molecule has 0 bridgehead atoms. The van der Waals surface area contributed by atoms with Crippen molar-refractivity contribution >= 4 is 23.5 Å². The molecule has 62 heavy (non-hydrogen) atoms. The Morgan fingerprint density at radius 3 is 1.89 bits per heavy atom. The van der Waals surface area contributed by atoms with E-state index in [2.05, 4.69) is 39.7 Å². The van der Waals surface area contributed by atoms with Crippen molar-refractivity contribution in [3.8, 4) is 33.8 Å². The van der Waals surface area contributed by atoms with Crippen molar-refractivity contribution in [2.45, 2.75) is 81.8 Å². The first-order chi connectivity index (χ1) is 30.4. The van der Waals surface area contributed by atoms with Gasteiger partial charge < -0.3 is 24.6 Å². The normalized spacial score (nSPS) is 19.6. The Morgan fingerprint density at radius 2 is 1.24 bits per heavy atom. The first kappa shape index (κ1) is 39.4. The van der Waals surface area contributed by atoms with Crippen molar-refractivity contribution in [1.82, 2.24) is 35.2 Å². The molecule has 6 aromatic rings. The number of benzene rings is 4. The number of hydrogen-bond donors (Lipinski definition) is 2. The number of amides is 3. The smallest absolute Gasteiger partial charge is 0.250 e. The van der Waals surface area contributed by atoms with Crippen LogP contribution in [0.25, 0.3) is 33.8 Å². The summed E-state index contributed by atoms with van der Waals surface area (Å²) >= 11 is 0. The van der Waals surface area contributed by atoms with E-state index in [0.717, 1.165) is 96.3 Å². The van der Waals surface area contributed by atoms with Crippen molar-refractivity contribution < 1.29 is 23.7 Å². The number of aromatic amines is 1. The molecular weight excluding hydrogens is 779 g/mol. The lowest BCUT2D eigenvalue weighted by Crippen LogP contribution is -2.43. The summed E-state index contributed by atoms with van der Waals surface area (Å²) in [4.78, 5) is 70.7. The van der Waals surface area contributed by atoms with Gasteiger partial charge >= 0.3 is 0 Å². The van der Waals surface area contributed by atoms with Crippen LogP contribution >= 0.6 is 0 Å². The number of rotatable bonds is 14. The SMILES string of the molecule is O=C(C[C@@H](C(=O)N1CCC[C@H]1c1nc(-c2ccc(-c3ccc(-c4cnc([C@@H]5CCCN5C(=O)[C@H](NC(=O)C5CC5)c5ccccc5)[nH]4)cc3)cc2)no1)c1ccccc1)C1CC1. The van der Waals surface area contributed by atoms with E-state index in [-0.39, 0.29) is 53.8 Å². The molecule has 4 fully saturated rings. The number of carbonyl (C=O) groups excluding carboxylic acids is 4. The molecule has 4 aliphatic rings. The molecule has 2 aromatic heterocycles. The van der Waals surface area contributed by atoms with Crippen LogP contribution in [-0.2, 0) is 19.2 Å². The summed E-state index contributed by atoms with van der Waals surface area (Å²) in [5.74, 6) is 1.10. The van der Waals surface area contributed by atoms with E-state index in [1.54, 1.807) is 0 Å². The fourth-order valence-corrected chi connectivity index (χ4v) is 9.11. The third kappa shape index (κ3) is 8.21. The number of nitrogens with zero attached hydrogens (tertiary/aromatic N) is 5. The second-order valence-electron chi connectivity index (χ2n) is 17.2. The lowest BCUT2D eigenvalue weighted by Gasteiger charge is -2.28.